The Morgan fingerprint density at radius 3 is 1.83 bits per heavy atom. The molecule has 5 nitrogen and oxygen atoms in total. The molecule has 2 saturated heterocycles. The molecule has 2 fully saturated rings. The predicted molar refractivity (Wildman–Crippen MR) is 141 cm³/mol. The Bertz CT molecular complexity index is 1130. The van der Waals surface area contributed by atoms with E-state index in [1.165, 1.54) is 23.3 Å². The molecular weight excluding hydrogens is 448 g/mol. The fourth-order valence-electron chi connectivity index (χ4n) is 5.91. The van der Waals surface area contributed by atoms with Crippen molar-refractivity contribution in [2.45, 2.75) is 31.6 Å². The standard InChI is InChI=1S/C31H34N2O3/c34-29(26-11-13-27(14-12-26)30(35)36)33-22-18-31(23-33)16-20-32(21-17-31)19-15-28(24-7-3-1-4-8-24)25-9-5-2-6-10-25/h1-14,28H,15-23H2,(H,35,36). The Morgan fingerprint density at radius 1 is 0.750 bits per heavy atom. The normalized spacial score (nSPS) is 17.5. The van der Waals surface area contributed by atoms with Gasteiger partial charge < -0.3 is 14.9 Å². The molecule has 0 saturated carbocycles. The highest BCUT2D eigenvalue weighted by molar-refractivity contribution is 5.96. The minimum Gasteiger partial charge on any atom is -0.478 e. The quantitative estimate of drug-likeness (QED) is 0.481. The van der Waals surface area contributed by atoms with Gasteiger partial charge in [0.2, 0.25) is 0 Å². The summed E-state index contributed by atoms with van der Waals surface area (Å²) in [5.74, 6) is -0.560. The third-order valence-corrected chi connectivity index (χ3v) is 8.16. The Kier molecular flexibility index (Phi) is 7.19. The van der Waals surface area contributed by atoms with Crippen LogP contribution in [0.5, 0.6) is 0 Å². The molecular formula is C31H34N2O3. The Labute approximate surface area is 213 Å². The summed E-state index contributed by atoms with van der Waals surface area (Å²) in [4.78, 5) is 28.7. The molecule has 0 radical (unpaired) electrons. The van der Waals surface area contributed by atoms with E-state index in [0.717, 1.165) is 58.4 Å². The van der Waals surface area contributed by atoms with Gasteiger partial charge in [-0.1, -0.05) is 60.7 Å². The molecule has 5 heteroatoms. The molecule has 5 rings (SSSR count). The van der Waals surface area contributed by atoms with Crippen molar-refractivity contribution in [2.75, 3.05) is 32.7 Å². The SMILES string of the molecule is O=C(O)c1ccc(C(=O)N2CCC3(CCN(CCC(c4ccccc4)c4ccccc4)CC3)C2)cc1. The average molecular weight is 483 g/mol. The van der Waals surface area contributed by atoms with Crippen molar-refractivity contribution in [3.63, 3.8) is 0 Å². The number of aromatic carboxylic acids is 1. The molecule has 3 aromatic rings. The van der Waals surface area contributed by atoms with E-state index in [1.54, 1.807) is 12.1 Å². The van der Waals surface area contributed by atoms with Crippen molar-refractivity contribution in [3.8, 4) is 0 Å². The molecule has 1 N–H and O–H groups in total. The zero-order valence-electron chi connectivity index (χ0n) is 20.7. The highest BCUT2D eigenvalue weighted by Gasteiger charge is 2.42. The maximum Gasteiger partial charge on any atom is 0.335 e. The zero-order valence-corrected chi connectivity index (χ0v) is 20.7. The molecule has 1 spiro atoms. The van der Waals surface area contributed by atoms with E-state index in [4.69, 9.17) is 5.11 Å². The van der Waals surface area contributed by atoms with E-state index in [2.05, 4.69) is 65.6 Å². The number of amides is 1. The van der Waals surface area contributed by atoms with Crippen LogP contribution in [-0.4, -0.2) is 59.5 Å². The number of carbonyl (C=O) groups excluding carboxylic acids is 1. The summed E-state index contributed by atoms with van der Waals surface area (Å²) >= 11 is 0. The van der Waals surface area contributed by atoms with E-state index in [1.807, 2.05) is 4.90 Å². The van der Waals surface area contributed by atoms with Gasteiger partial charge in [0.1, 0.15) is 0 Å². The molecule has 2 aliphatic heterocycles. The van der Waals surface area contributed by atoms with Crippen LogP contribution >= 0.6 is 0 Å². The monoisotopic (exact) mass is 482 g/mol. The lowest BCUT2D eigenvalue weighted by Gasteiger charge is -2.39. The van der Waals surface area contributed by atoms with Crippen LogP contribution in [0.15, 0.2) is 84.9 Å². The summed E-state index contributed by atoms with van der Waals surface area (Å²) in [5, 5.41) is 9.10. The van der Waals surface area contributed by atoms with Crippen LogP contribution in [0.25, 0.3) is 0 Å². The van der Waals surface area contributed by atoms with Crippen LogP contribution in [0, 0.1) is 5.41 Å². The molecule has 0 aliphatic carbocycles. The largest absolute Gasteiger partial charge is 0.478 e. The molecule has 2 aliphatic rings. The number of carbonyl (C=O) groups is 2. The van der Waals surface area contributed by atoms with Crippen LogP contribution in [0.1, 0.15) is 63.4 Å². The van der Waals surface area contributed by atoms with Crippen LogP contribution in [-0.2, 0) is 0 Å². The molecule has 186 valence electrons. The van der Waals surface area contributed by atoms with Crippen molar-refractivity contribution in [3.05, 3.63) is 107 Å². The number of nitrogens with zero attached hydrogens (tertiary/aromatic N) is 2. The van der Waals surface area contributed by atoms with Crippen LogP contribution < -0.4 is 0 Å². The summed E-state index contributed by atoms with van der Waals surface area (Å²) in [6, 6.07) is 27.9. The van der Waals surface area contributed by atoms with Gasteiger partial charge in [0, 0.05) is 24.6 Å². The molecule has 0 aromatic heterocycles. The Balaban J connectivity index is 1.16. The molecule has 0 atom stereocenters. The first kappa shape index (κ1) is 24.3. The summed E-state index contributed by atoms with van der Waals surface area (Å²) in [7, 11) is 0. The summed E-state index contributed by atoms with van der Waals surface area (Å²) in [5.41, 5.74) is 3.74. The number of hydrogen-bond donors (Lipinski definition) is 1. The topological polar surface area (TPSA) is 60.9 Å². The number of rotatable bonds is 7. The highest BCUT2D eigenvalue weighted by atomic mass is 16.4. The smallest absolute Gasteiger partial charge is 0.335 e. The van der Waals surface area contributed by atoms with E-state index in [0.29, 0.717) is 11.5 Å². The lowest BCUT2D eigenvalue weighted by molar-refractivity contribution is 0.0691. The lowest BCUT2D eigenvalue weighted by Crippen LogP contribution is -2.42. The second kappa shape index (κ2) is 10.7. The van der Waals surface area contributed by atoms with Gasteiger partial charge in [-0.3, -0.25) is 4.79 Å². The number of carboxylic acids is 1. The molecule has 1 amide bonds. The first-order valence-electron chi connectivity index (χ1n) is 13.0. The number of carboxylic acid groups (broad SMARTS) is 1. The highest BCUT2D eigenvalue weighted by Crippen LogP contribution is 2.41. The van der Waals surface area contributed by atoms with Gasteiger partial charge in [0.05, 0.1) is 5.56 Å². The zero-order chi connectivity index (χ0) is 25.0. The summed E-state index contributed by atoms with van der Waals surface area (Å²) in [6.45, 7) is 4.81. The van der Waals surface area contributed by atoms with E-state index in [-0.39, 0.29) is 16.9 Å². The van der Waals surface area contributed by atoms with E-state index >= 15 is 0 Å². The lowest BCUT2D eigenvalue weighted by atomic mass is 9.77. The number of hydrogen-bond acceptors (Lipinski definition) is 3. The minimum absolute atomic E-state index is 0.0137. The van der Waals surface area contributed by atoms with Crippen LogP contribution in [0.2, 0.25) is 0 Å². The van der Waals surface area contributed by atoms with E-state index in [9.17, 15) is 9.59 Å². The maximum absolute atomic E-state index is 13.0. The first-order chi connectivity index (χ1) is 17.5. The number of likely N-dealkylation sites (tertiary alicyclic amines) is 2. The fraction of sp³-hybridized carbons (Fsp3) is 0.355. The van der Waals surface area contributed by atoms with Crippen LogP contribution in [0.3, 0.4) is 0 Å². The van der Waals surface area contributed by atoms with Gasteiger partial charge in [-0.25, -0.2) is 4.79 Å². The van der Waals surface area contributed by atoms with Gasteiger partial charge in [-0.2, -0.15) is 0 Å². The maximum atomic E-state index is 13.0. The second-order valence-electron chi connectivity index (χ2n) is 10.4. The first-order valence-corrected chi connectivity index (χ1v) is 13.0. The van der Waals surface area contributed by atoms with Gasteiger partial charge in [-0.15, -0.1) is 0 Å². The fourth-order valence-corrected chi connectivity index (χ4v) is 5.91. The van der Waals surface area contributed by atoms with Gasteiger partial charge >= 0.3 is 5.97 Å². The summed E-state index contributed by atoms with van der Waals surface area (Å²) in [6.07, 6.45) is 4.39. The second-order valence-corrected chi connectivity index (χ2v) is 10.4. The van der Waals surface area contributed by atoms with Gasteiger partial charge in [0.15, 0.2) is 0 Å². The van der Waals surface area contributed by atoms with Crippen LogP contribution in [0.4, 0.5) is 0 Å². The summed E-state index contributed by atoms with van der Waals surface area (Å²) < 4.78 is 0. The Morgan fingerprint density at radius 2 is 1.28 bits per heavy atom. The number of benzene rings is 3. The molecule has 3 aromatic carbocycles. The predicted octanol–water partition coefficient (Wildman–Crippen LogP) is 5.54. The average Bonchev–Trinajstić information content (AvgIpc) is 3.34. The van der Waals surface area contributed by atoms with Crippen molar-refractivity contribution >= 4 is 11.9 Å². The van der Waals surface area contributed by atoms with Crippen molar-refractivity contribution in [1.29, 1.82) is 0 Å². The van der Waals surface area contributed by atoms with Gasteiger partial charge in [0.25, 0.3) is 5.91 Å². The van der Waals surface area contributed by atoms with Crippen molar-refractivity contribution in [2.24, 2.45) is 5.41 Å². The van der Waals surface area contributed by atoms with Gasteiger partial charge in [-0.05, 0) is 86.1 Å². The Hall–Kier alpha value is -3.44. The molecule has 2 heterocycles. The molecule has 0 bridgehead atoms. The third kappa shape index (κ3) is 5.36. The molecule has 36 heavy (non-hydrogen) atoms. The number of piperidine rings is 1. The third-order valence-electron chi connectivity index (χ3n) is 8.16. The minimum atomic E-state index is -0.972. The van der Waals surface area contributed by atoms with Crippen molar-refractivity contribution < 1.29 is 14.7 Å². The van der Waals surface area contributed by atoms with E-state index < -0.39 is 5.97 Å². The molecule has 0 unspecified atom stereocenters. The van der Waals surface area contributed by atoms with Crippen molar-refractivity contribution in [1.82, 2.24) is 9.80 Å².